The molecule has 0 spiro atoms. The van der Waals surface area contributed by atoms with E-state index in [9.17, 15) is 0 Å². The highest BCUT2D eigenvalue weighted by atomic mass is 127. The zero-order chi connectivity index (χ0) is 12.6. The van der Waals surface area contributed by atoms with Gasteiger partial charge in [-0.2, -0.15) is 0 Å². The molecule has 0 radical (unpaired) electrons. The Bertz CT molecular complexity index is 314. The molecule has 1 heterocycles. The Morgan fingerprint density at radius 3 is 1.29 bits per heavy atom. The monoisotopic (exact) mass is 364 g/mol. The van der Waals surface area contributed by atoms with Gasteiger partial charge >= 0.3 is 0 Å². The Morgan fingerprint density at radius 2 is 1.06 bits per heavy atom. The molecule has 1 aliphatic heterocycles. The minimum absolute atomic E-state index is 0. The summed E-state index contributed by atoms with van der Waals surface area (Å²) in [5.74, 6) is 0. The average molecular weight is 364 g/mol. The smallest absolute Gasteiger partial charge is 0.142 e. The van der Waals surface area contributed by atoms with Crippen molar-refractivity contribution in [2.24, 2.45) is 10.8 Å². The van der Waals surface area contributed by atoms with Crippen molar-refractivity contribution in [3.05, 3.63) is 34.1 Å². The highest BCUT2D eigenvalue weighted by molar-refractivity contribution is 8.03. The number of allylic oxidation sites excluding steroid dienone is 6. The van der Waals surface area contributed by atoms with Gasteiger partial charge in [0.25, 0.3) is 0 Å². The summed E-state index contributed by atoms with van der Waals surface area (Å²) in [7, 11) is 0.238. The van der Waals surface area contributed by atoms with E-state index in [-0.39, 0.29) is 45.7 Å². The minimum Gasteiger partial charge on any atom is -1.00 e. The molecule has 0 fully saturated rings. The molecular weight excluding hydrogens is 339 g/mol. The Morgan fingerprint density at radius 1 is 0.765 bits per heavy atom. The molecule has 0 aromatic heterocycles. The van der Waals surface area contributed by atoms with Crippen LogP contribution in [0.3, 0.4) is 0 Å². The van der Waals surface area contributed by atoms with E-state index in [1.807, 2.05) is 0 Å². The highest BCUT2D eigenvalue weighted by Crippen LogP contribution is 2.41. The van der Waals surface area contributed by atoms with Crippen molar-refractivity contribution in [2.45, 2.75) is 41.5 Å². The fraction of sp³-hybridized carbons (Fsp3) is 0.600. The van der Waals surface area contributed by atoms with E-state index < -0.39 is 0 Å². The molecule has 0 amide bonds. The van der Waals surface area contributed by atoms with Crippen LogP contribution in [0.1, 0.15) is 41.5 Å². The third kappa shape index (κ3) is 4.47. The summed E-state index contributed by atoms with van der Waals surface area (Å²) < 4.78 is 0. The van der Waals surface area contributed by atoms with E-state index in [0.29, 0.717) is 0 Å². The van der Waals surface area contributed by atoms with Crippen molar-refractivity contribution in [1.82, 2.24) is 0 Å². The van der Waals surface area contributed by atoms with Crippen LogP contribution < -0.4 is 24.0 Å². The molecule has 1 aliphatic rings. The maximum atomic E-state index is 2.36. The van der Waals surface area contributed by atoms with Crippen molar-refractivity contribution >= 4 is 10.9 Å². The van der Waals surface area contributed by atoms with Crippen molar-refractivity contribution in [1.29, 1.82) is 0 Å². The quantitative estimate of drug-likeness (QED) is 0.453. The second kappa shape index (κ2) is 5.96. The first-order valence-corrected chi connectivity index (χ1v) is 7.53. The van der Waals surface area contributed by atoms with Gasteiger partial charge in [-0.15, -0.1) is 0 Å². The third-order valence-electron chi connectivity index (χ3n) is 2.74. The Balaban J connectivity index is 0.00000256. The van der Waals surface area contributed by atoms with E-state index in [4.69, 9.17) is 0 Å². The van der Waals surface area contributed by atoms with Crippen LogP contribution in [0.25, 0.3) is 0 Å². The summed E-state index contributed by atoms with van der Waals surface area (Å²) in [5, 5.41) is 0. The summed E-state index contributed by atoms with van der Waals surface area (Å²) in [6.45, 7) is 13.8. The molecule has 2 heteroatoms. The van der Waals surface area contributed by atoms with E-state index in [2.05, 4.69) is 72.1 Å². The first-order valence-electron chi connectivity index (χ1n) is 5.89. The zero-order valence-electron chi connectivity index (χ0n) is 12.1. The topological polar surface area (TPSA) is 0 Å². The van der Waals surface area contributed by atoms with Crippen LogP contribution in [-0.2, 0) is 10.9 Å². The van der Waals surface area contributed by atoms with Crippen LogP contribution in [-0.4, -0.2) is 6.26 Å². The fourth-order valence-electron chi connectivity index (χ4n) is 2.03. The van der Waals surface area contributed by atoms with E-state index in [0.717, 1.165) is 0 Å². The maximum Gasteiger partial charge on any atom is 0.142 e. The lowest BCUT2D eigenvalue weighted by Gasteiger charge is -2.26. The lowest BCUT2D eigenvalue weighted by molar-refractivity contribution is -0.00000441. The predicted octanol–water partition coefficient (Wildman–Crippen LogP) is 1.67. The van der Waals surface area contributed by atoms with Crippen LogP contribution in [0.5, 0.6) is 0 Å². The normalized spacial score (nSPS) is 18.1. The molecule has 98 valence electrons. The molecule has 0 saturated carbocycles. The highest BCUT2D eigenvalue weighted by Gasteiger charge is 2.39. The SMILES string of the molecule is C[S+]1C(C(C)(C)C)=CC=CC=C1C(C)(C)C.[I-]. The number of rotatable bonds is 0. The fourth-order valence-corrected chi connectivity index (χ4v) is 4.67. The molecule has 0 bridgehead atoms. The van der Waals surface area contributed by atoms with E-state index >= 15 is 0 Å². The molecule has 0 aliphatic carbocycles. The van der Waals surface area contributed by atoms with Gasteiger partial charge in [-0.1, -0.05) is 53.7 Å². The van der Waals surface area contributed by atoms with Crippen molar-refractivity contribution in [3.63, 3.8) is 0 Å². The lowest BCUT2D eigenvalue weighted by Crippen LogP contribution is -3.00. The van der Waals surface area contributed by atoms with E-state index in [1.54, 1.807) is 9.81 Å². The molecule has 0 atom stereocenters. The zero-order valence-corrected chi connectivity index (χ0v) is 15.1. The van der Waals surface area contributed by atoms with Gasteiger partial charge in [0.15, 0.2) is 0 Å². The molecule has 1 rings (SSSR count). The van der Waals surface area contributed by atoms with Gasteiger partial charge in [0.05, 0.1) is 10.9 Å². The van der Waals surface area contributed by atoms with Gasteiger partial charge in [0.1, 0.15) is 16.1 Å². The van der Waals surface area contributed by atoms with Crippen molar-refractivity contribution < 1.29 is 24.0 Å². The van der Waals surface area contributed by atoms with Gasteiger partial charge < -0.3 is 24.0 Å². The molecular formula is C15H25IS. The minimum atomic E-state index is 0. The van der Waals surface area contributed by atoms with Gasteiger partial charge in [-0.05, 0) is 12.2 Å². The van der Waals surface area contributed by atoms with Crippen LogP contribution in [0, 0.1) is 10.8 Å². The molecule has 0 nitrogen and oxygen atoms in total. The molecule has 0 saturated heterocycles. The molecule has 0 N–H and O–H groups in total. The number of hydrogen-bond donors (Lipinski definition) is 0. The average Bonchev–Trinajstić information content (AvgIpc) is 2.23. The number of halogens is 1. The van der Waals surface area contributed by atoms with Crippen LogP contribution in [0.4, 0.5) is 0 Å². The summed E-state index contributed by atoms with van der Waals surface area (Å²) in [6, 6.07) is 0. The third-order valence-corrected chi connectivity index (χ3v) is 5.56. The van der Waals surface area contributed by atoms with E-state index in [1.165, 1.54) is 0 Å². The standard InChI is InChI=1S/C15H25S.HI/c1-14(2,3)12-10-8-9-11-13(16(12)7)15(4,5)6;/h8-11H,1-7H3;1H/q+1;/p-1. The first-order chi connectivity index (χ1) is 7.14. The summed E-state index contributed by atoms with van der Waals surface area (Å²) in [5.41, 5.74) is 0.522. The summed E-state index contributed by atoms with van der Waals surface area (Å²) >= 11 is 0. The predicted molar refractivity (Wildman–Crippen MR) is 77.5 cm³/mol. The van der Waals surface area contributed by atoms with Crippen LogP contribution >= 0.6 is 0 Å². The second-order valence-corrected chi connectivity index (χ2v) is 8.36. The summed E-state index contributed by atoms with van der Waals surface area (Å²) in [6.07, 6.45) is 11.3. The van der Waals surface area contributed by atoms with Gasteiger partial charge in [0, 0.05) is 10.8 Å². The summed E-state index contributed by atoms with van der Waals surface area (Å²) in [4.78, 5) is 3.12. The first kappa shape index (κ1) is 17.3. The van der Waals surface area contributed by atoms with Gasteiger partial charge in [-0.25, -0.2) is 0 Å². The number of hydrogen-bond acceptors (Lipinski definition) is 0. The molecule has 0 unspecified atom stereocenters. The van der Waals surface area contributed by atoms with Crippen LogP contribution in [0.15, 0.2) is 34.1 Å². The van der Waals surface area contributed by atoms with Gasteiger partial charge in [-0.3, -0.25) is 0 Å². The largest absolute Gasteiger partial charge is 1.00 e. The lowest BCUT2D eigenvalue weighted by atomic mass is 9.96. The maximum absolute atomic E-state index is 2.36. The molecule has 0 aromatic carbocycles. The Kier molecular flexibility index (Phi) is 6.07. The van der Waals surface area contributed by atoms with Crippen LogP contribution in [0.2, 0.25) is 0 Å². The Labute approximate surface area is 127 Å². The second-order valence-electron chi connectivity index (χ2n) is 6.46. The Hall–Kier alpha value is 0.300. The molecule has 0 aromatic rings. The van der Waals surface area contributed by atoms with Gasteiger partial charge in [0.2, 0.25) is 0 Å². The molecule has 17 heavy (non-hydrogen) atoms. The van der Waals surface area contributed by atoms with Crippen molar-refractivity contribution in [3.8, 4) is 0 Å². The van der Waals surface area contributed by atoms with Crippen molar-refractivity contribution in [2.75, 3.05) is 6.26 Å².